The molecule has 0 aromatic heterocycles. The lowest BCUT2D eigenvalue weighted by Crippen LogP contribution is -2.49. The third kappa shape index (κ3) is 1.73. The zero-order valence-electron chi connectivity index (χ0n) is 15.4. The summed E-state index contributed by atoms with van der Waals surface area (Å²) in [6.07, 6.45) is 4.98. The summed E-state index contributed by atoms with van der Waals surface area (Å²) in [5, 5.41) is 10.8. The van der Waals surface area contributed by atoms with Gasteiger partial charge in [-0.1, -0.05) is 32.9 Å². The highest BCUT2D eigenvalue weighted by molar-refractivity contribution is 6.00. The first-order valence-corrected chi connectivity index (χ1v) is 8.80. The van der Waals surface area contributed by atoms with Gasteiger partial charge in [0.25, 0.3) is 0 Å². The summed E-state index contributed by atoms with van der Waals surface area (Å²) >= 11 is 0. The highest BCUT2D eigenvalue weighted by atomic mass is 16.5. The molecule has 4 nitrogen and oxygen atoms in total. The molecule has 1 spiro atoms. The van der Waals surface area contributed by atoms with Crippen molar-refractivity contribution in [2.45, 2.75) is 60.2 Å². The number of esters is 1. The standard InChI is InChI=1S/C20H28O4/c1-7-11(2)16(23)24-17-18(4,5)15-13(21)10-12(3)20(15)9-8-14(22)19(17,20)6/h7-9,12-13,15,17,21H,10H2,1-6H3/b11-7-/t12-,13-,15?,17+,19+,20?/m1/s1. The highest BCUT2D eigenvalue weighted by Crippen LogP contribution is 2.75. The van der Waals surface area contributed by atoms with Crippen LogP contribution in [0.15, 0.2) is 23.8 Å². The first-order chi connectivity index (χ1) is 11.0. The quantitative estimate of drug-likeness (QED) is 0.623. The Labute approximate surface area is 144 Å². The van der Waals surface area contributed by atoms with Crippen LogP contribution in [0, 0.1) is 28.1 Å². The molecule has 6 atom stereocenters. The molecule has 0 aromatic rings. The number of allylic oxidation sites excluding steroid dienone is 3. The Morgan fingerprint density at radius 1 is 1.38 bits per heavy atom. The smallest absolute Gasteiger partial charge is 0.333 e. The number of rotatable bonds is 2. The van der Waals surface area contributed by atoms with E-state index in [4.69, 9.17) is 4.74 Å². The molecule has 0 radical (unpaired) electrons. The van der Waals surface area contributed by atoms with Crippen LogP contribution in [0.4, 0.5) is 0 Å². The third-order valence-electron chi connectivity index (χ3n) is 7.21. The fourth-order valence-corrected chi connectivity index (χ4v) is 6.16. The molecule has 1 N–H and O–H groups in total. The van der Waals surface area contributed by atoms with Crippen LogP contribution in [0.1, 0.15) is 48.0 Å². The molecule has 3 aliphatic rings. The maximum atomic E-state index is 12.9. The van der Waals surface area contributed by atoms with Gasteiger partial charge in [-0.25, -0.2) is 4.79 Å². The van der Waals surface area contributed by atoms with Crippen LogP contribution in [0.25, 0.3) is 0 Å². The van der Waals surface area contributed by atoms with Gasteiger partial charge in [0, 0.05) is 22.3 Å². The second-order valence-corrected chi connectivity index (χ2v) is 8.59. The van der Waals surface area contributed by atoms with Crippen LogP contribution >= 0.6 is 0 Å². The number of aliphatic hydroxyl groups excluding tert-OH is 1. The number of ether oxygens (including phenoxy) is 1. The lowest BCUT2D eigenvalue weighted by molar-refractivity contribution is -0.162. The van der Waals surface area contributed by atoms with Crippen molar-refractivity contribution >= 4 is 11.8 Å². The fraction of sp³-hybridized carbons (Fsp3) is 0.700. The molecule has 2 fully saturated rings. The van der Waals surface area contributed by atoms with Gasteiger partial charge in [-0.3, -0.25) is 4.79 Å². The van der Waals surface area contributed by atoms with Crippen LogP contribution in [0.5, 0.6) is 0 Å². The van der Waals surface area contributed by atoms with Gasteiger partial charge in [0.1, 0.15) is 6.10 Å². The van der Waals surface area contributed by atoms with E-state index in [2.05, 4.69) is 6.92 Å². The number of aliphatic hydroxyl groups is 1. The SMILES string of the molecule is C/C=C(/C)C(=O)O[C@H]1C(C)(C)C2[C@H](O)C[C@@H](C)C23C=CC(=O)[C@@]13C. The molecule has 24 heavy (non-hydrogen) atoms. The molecule has 4 heteroatoms. The predicted octanol–water partition coefficient (Wildman–Crippen LogP) is 3.05. The van der Waals surface area contributed by atoms with Gasteiger partial charge in [0.15, 0.2) is 5.78 Å². The molecule has 2 saturated carbocycles. The van der Waals surface area contributed by atoms with E-state index >= 15 is 0 Å². The summed E-state index contributed by atoms with van der Waals surface area (Å²) in [5.41, 5.74) is -1.21. The molecule has 2 unspecified atom stereocenters. The van der Waals surface area contributed by atoms with E-state index in [0.717, 1.165) is 0 Å². The zero-order valence-corrected chi connectivity index (χ0v) is 15.4. The van der Waals surface area contributed by atoms with Gasteiger partial charge in [-0.05, 0) is 39.2 Å². The molecule has 3 rings (SSSR count). The van der Waals surface area contributed by atoms with Gasteiger partial charge < -0.3 is 9.84 Å². The van der Waals surface area contributed by atoms with Crippen molar-refractivity contribution in [2.75, 3.05) is 0 Å². The van der Waals surface area contributed by atoms with Gasteiger partial charge in [-0.15, -0.1) is 0 Å². The third-order valence-corrected chi connectivity index (χ3v) is 7.21. The minimum atomic E-state index is -0.818. The highest BCUT2D eigenvalue weighted by Gasteiger charge is 2.79. The van der Waals surface area contributed by atoms with E-state index in [9.17, 15) is 14.7 Å². The Hall–Kier alpha value is -1.42. The van der Waals surface area contributed by atoms with Crippen LogP contribution in [-0.2, 0) is 14.3 Å². The summed E-state index contributed by atoms with van der Waals surface area (Å²) in [6.45, 7) is 11.6. The van der Waals surface area contributed by atoms with E-state index in [0.29, 0.717) is 12.0 Å². The maximum Gasteiger partial charge on any atom is 0.333 e. The van der Waals surface area contributed by atoms with Crippen molar-refractivity contribution in [1.29, 1.82) is 0 Å². The van der Waals surface area contributed by atoms with Crippen molar-refractivity contribution in [3.05, 3.63) is 23.8 Å². The number of carbonyl (C=O) groups is 2. The largest absolute Gasteiger partial charge is 0.457 e. The van der Waals surface area contributed by atoms with Crippen LogP contribution in [0.2, 0.25) is 0 Å². The number of ketones is 1. The van der Waals surface area contributed by atoms with E-state index < -0.39 is 28.5 Å². The molecule has 0 bridgehead atoms. The van der Waals surface area contributed by atoms with E-state index in [1.165, 1.54) is 0 Å². The lowest BCUT2D eigenvalue weighted by Gasteiger charge is -2.41. The van der Waals surface area contributed by atoms with Crippen LogP contribution < -0.4 is 0 Å². The number of carbonyl (C=O) groups excluding carboxylic acids is 2. The van der Waals surface area contributed by atoms with Crippen molar-refractivity contribution in [2.24, 2.45) is 28.1 Å². The molecule has 3 aliphatic carbocycles. The average Bonchev–Trinajstić information content (AvgIpc) is 2.98. The van der Waals surface area contributed by atoms with Gasteiger partial charge in [-0.2, -0.15) is 0 Å². The Balaban J connectivity index is 2.14. The van der Waals surface area contributed by atoms with Gasteiger partial charge >= 0.3 is 5.97 Å². The van der Waals surface area contributed by atoms with Crippen molar-refractivity contribution in [3.8, 4) is 0 Å². The Kier molecular flexibility index (Phi) is 3.66. The lowest BCUT2D eigenvalue weighted by atomic mass is 9.61. The first kappa shape index (κ1) is 17.4. The number of hydrogen-bond acceptors (Lipinski definition) is 4. The monoisotopic (exact) mass is 332 g/mol. The van der Waals surface area contributed by atoms with Crippen LogP contribution in [-0.4, -0.2) is 29.1 Å². The summed E-state index contributed by atoms with van der Waals surface area (Å²) in [5.74, 6) is -0.309. The van der Waals surface area contributed by atoms with E-state index in [-0.39, 0.29) is 23.6 Å². The first-order valence-electron chi connectivity index (χ1n) is 8.80. The maximum absolute atomic E-state index is 12.9. The summed E-state index contributed by atoms with van der Waals surface area (Å²) in [6, 6.07) is 0. The minimum absolute atomic E-state index is 0.00922. The molecule has 0 amide bonds. The van der Waals surface area contributed by atoms with E-state index in [1.54, 1.807) is 26.0 Å². The number of hydrogen-bond donors (Lipinski definition) is 1. The summed E-state index contributed by atoms with van der Waals surface area (Å²) < 4.78 is 5.92. The van der Waals surface area contributed by atoms with Crippen LogP contribution in [0.3, 0.4) is 0 Å². The second-order valence-electron chi connectivity index (χ2n) is 8.59. The average molecular weight is 332 g/mol. The molecular formula is C20H28O4. The molecule has 0 heterocycles. The summed E-state index contributed by atoms with van der Waals surface area (Å²) in [4.78, 5) is 25.4. The topological polar surface area (TPSA) is 63.6 Å². The zero-order chi connectivity index (χ0) is 18.1. The van der Waals surface area contributed by atoms with E-state index in [1.807, 2.05) is 26.8 Å². The molecular weight excluding hydrogens is 304 g/mol. The molecule has 0 aromatic carbocycles. The van der Waals surface area contributed by atoms with Crippen molar-refractivity contribution in [1.82, 2.24) is 0 Å². The molecule has 0 saturated heterocycles. The fourth-order valence-electron chi connectivity index (χ4n) is 6.16. The van der Waals surface area contributed by atoms with Gasteiger partial charge in [0.05, 0.1) is 11.5 Å². The van der Waals surface area contributed by atoms with Crippen molar-refractivity contribution < 1.29 is 19.4 Å². The second kappa shape index (κ2) is 5.04. The van der Waals surface area contributed by atoms with Gasteiger partial charge in [0.2, 0.25) is 0 Å². The predicted molar refractivity (Wildman–Crippen MR) is 91.1 cm³/mol. The Bertz CT molecular complexity index is 659. The summed E-state index contributed by atoms with van der Waals surface area (Å²) in [7, 11) is 0. The minimum Gasteiger partial charge on any atom is -0.457 e. The Morgan fingerprint density at radius 2 is 2.00 bits per heavy atom. The molecule has 0 aliphatic heterocycles. The normalized spacial score (nSPS) is 46.1. The van der Waals surface area contributed by atoms with Crippen molar-refractivity contribution in [3.63, 3.8) is 0 Å². The molecule has 132 valence electrons. The Morgan fingerprint density at radius 3 is 2.58 bits per heavy atom.